The predicted octanol–water partition coefficient (Wildman–Crippen LogP) is 4.90. The molecule has 1 amide bonds. The molecule has 1 saturated heterocycles. The molecule has 0 N–H and O–H groups in total. The molecule has 4 nitrogen and oxygen atoms in total. The molecule has 0 bridgehead atoms. The molecule has 0 radical (unpaired) electrons. The van der Waals surface area contributed by atoms with Crippen LogP contribution < -0.4 is 9.47 Å². The highest BCUT2D eigenvalue weighted by atomic mass is 35.5. The van der Waals surface area contributed by atoms with Crippen molar-refractivity contribution >= 4 is 40.9 Å². The largest absolute Gasteiger partial charge is 0.497 e. The fourth-order valence-corrected chi connectivity index (χ4v) is 4.61. The van der Waals surface area contributed by atoms with Crippen molar-refractivity contribution in [3.8, 4) is 11.5 Å². The van der Waals surface area contributed by atoms with Gasteiger partial charge in [0.25, 0.3) is 5.91 Å². The minimum absolute atomic E-state index is 0.0997. The van der Waals surface area contributed by atoms with Crippen LogP contribution in [0.2, 0.25) is 10.0 Å². The number of halogens is 2. The maximum Gasteiger partial charge on any atom is 0.255 e. The second-order valence-corrected chi connectivity index (χ2v) is 7.55. The van der Waals surface area contributed by atoms with E-state index in [-0.39, 0.29) is 11.3 Å². The van der Waals surface area contributed by atoms with Crippen LogP contribution >= 0.6 is 35.0 Å². The summed E-state index contributed by atoms with van der Waals surface area (Å²) in [4.78, 5) is 14.8. The van der Waals surface area contributed by atoms with Crippen molar-refractivity contribution in [3.05, 3.63) is 57.6 Å². The summed E-state index contributed by atoms with van der Waals surface area (Å²) >= 11 is 13.8. The van der Waals surface area contributed by atoms with Gasteiger partial charge in [0.15, 0.2) is 0 Å². The Kier molecular flexibility index (Phi) is 5.67. The zero-order chi connectivity index (χ0) is 18.0. The van der Waals surface area contributed by atoms with Crippen LogP contribution in [0.1, 0.15) is 21.3 Å². The first-order valence-corrected chi connectivity index (χ1v) is 9.44. The summed E-state index contributed by atoms with van der Waals surface area (Å²) < 4.78 is 10.7. The van der Waals surface area contributed by atoms with Crippen molar-refractivity contribution in [1.82, 2.24) is 4.90 Å². The maximum atomic E-state index is 13.0. The van der Waals surface area contributed by atoms with Gasteiger partial charge in [0.1, 0.15) is 16.9 Å². The highest BCUT2D eigenvalue weighted by molar-refractivity contribution is 7.99. The fraction of sp³-hybridized carbons (Fsp3) is 0.278. The lowest BCUT2D eigenvalue weighted by Gasteiger charge is -2.26. The Hall–Kier alpha value is -1.56. The molecule has 0 saturated carbocycles. The van der Waals surface area contributed by atoms with Gasteiger partial charge in [-0.3, -0.25) is 4.79 Å². The molecule has 132 valence electrons. The Morgan fingerprint density at radius 1 is 1.12 bits per heavy atom. The van der Waals surface area contributed by atoms with Gasteiger partial charge in [-0.2, -0.15) is 0 Å². The average molecular weight is 398 g/mol. The van der Waals surface area contributed by atoms with Crippen molar-refractivity contribution in [2.45, 2.75) is 5.37 Å². The van der Waals surface area contributed by atoms with E-state index in [9.17, 15) is 4.79 Å². The first kappa shape index (κ1) is 18.2. The van der Waals surface area contributed by atoms with Crippen LogP contribution in [-0.4, -0.2) is 37.3 Å². The van der Waals surface area contributed by atoms with Crippen molar-refractivity contribution in [2.24, 2.45) is 0 Å². The smallest absolute Gasteiger partial charge is 0.255 e. The van der Waals surface area contributed by atoms with Crippen LogP contribution in [0.3, 0.4) is 0 Å². The quantitative estimate of drug-likeness (QED) is 0.735. The zero-order valence-electron chi connectivity index (χ0n) is 13.8. The van der Waals surface area contributed by atoms with Gasteiger partial charge in [-0.25, -0.2) is 0 Å². The molecule has 0 unspecified atom stereocenters. The van der Waals surface area contributed by atoms with Gasteiger partial charge >= 0.3 is 0 Å². The molecule has 0 aliphatic carbocycles. The van der Waals surface area contributed by atoms with E-state index in [1.807, 2.05) is 23.1 Å². The lowest BCUT2D eigenvalue weighted by molar-refractivity contribution is 0.0759. The third kappa shape index (κ3) is 3.84. The average Bonchev–Trinajstić information content (AvgIpc) is 3.09. The number of nitrogens with zero attached hydrogens (tertiary/aromatic N) is 1. The lowest BCUT2D eigenvalue weighted by atomic mass is 10.1. The van der Waals surface area contributed by atoms with Crippen LogP contribution in [0.25, 0.3) is 0 Å². The normalized spacial score (nSPS) is 16.8. The van der Waals surface area contributed by atoms with Crippen LogP contribution in [0.4, 0.5) is 0 Å². The Morgan fingerprint density at radius 3 is 2.48 bits per heavy atom. The minimum atomic E-state index is -0.133. The highest BCUT2D eigenvalue weighted by Crippen LogP contribution is 2.43. The van der Waals surface area contributed by atoms with Crippen LogP contribution in [0.5, 0.6) is 11.5 Å². The number of carbonyl (C=O) groups is 1. The number of thioether (sulfide) groups is 1. The molecule has 1 heterocycles. The zero-order valence-corrected chi connectivity index (χ0v) is 16.1. The summed E-state index contributed by atoms with van der Waals surface area (Å²) in [6.45, 7) is 0.646. The van der Waals surface area contributed by atoms with E-state index in [1.165, 1.54) is 0 Å². The molecule has 1 atom stereocenters. The van der Waals surface area contributed by atoms with Gasteiger partial charge in [-0.1, -0.05) is 23.2 Å². The van der Waals surface area contributed by atoms with Gasteiger partial charge < -0.3 is 14.4 Å². The lowest BCUT2D eigenvalue weighted by Crippen LogP contribution is -2.30. The number of benzene rings is 2. The second kappa shape index (κ2) is 7.77. The molecule has 25 heavy (non-hydrogen) atoms. The van der Waals surface area contributed by atoms with Crippen molar-refractivity contribution < 1.29 is 14.3 Å². The van der Waals surface area contributed by atoms with Gasteiger partial charge in [-0.15, -0.1) is 11.8 Å². The SMILES string of the molecule is COc1ccc([C@H]2SCCN2C(=O)c2cc(Cl)cc(Cl)c2)c(OC)c1. The summed E-state index contributed by atoms with van der Waals surface area (Å²) in [6.07, 6.45) is 0. The molecule has 0 spiro atoms. The molecule has 2 aromatic carbocycles. The van der Waals surface area contributed by atoms with Gasteiger partial charge in [0, 0.05) is 39.5 Å². The van der Waals surface area contributed by atoms with Crippen LogP contribution in [0, 0.1) is 0 Å². The van der Waals surface area contributed by atoms with Crippen LogP contribution in [-0.2, 0) is 0 Å². The van der Waals surface area contributed by atoms with E-state index in [4.69, 9.17) is 32.7 Å². The van der Waals surface area contributed by atoms with E-state index in [2.05, 4.69) is 0 Å². The number of hydrogen-bond acceptors (Lipinski definition) is 4. The third-order valence-corrected chi connectivity index (χ3v) is 5.65. The Bertz CT molecular complexity index is 780. The molecular formula is C18H17Cl2NO3S. The first-order valence-electron chi connectivity index (χ1n) is 7.64. The number of hydrogen-bond donors (Lipinski definition) is 0. The Labute approximate surface area is 161 Å². The molecule has 1 aliphatic rings. The van der Waals surface area contributed by atoms with Gasteiger partial charge in [-0.05, 0) is 30.3 Å². The van der Waals surface area contributed by atoms with E-state index in [1.54, 1.807) is 44.2 Å². The Morgan fingerprint density at radius 2 is 1.84 bits per heavy atom. The molecule has 3 rings (SSSR count). The number of carbonyl (C=O) groups excluding carboxylic acids is 1. The molecule has 1 fully saturated rings. The number of methoxy groups -OCH3 is 2. The van der Waals surface area contributed by atoms with E-state index in [0.717, 1.165) is 11.3 Å². The van der Waals surface area contributed by atoms with E-state index in [0.29, 0.717) is 33.7 Å². The first-order chi connectivity index (χ1) is 12.0. The number of ether oxygens (including phenoxy) is 2. The topological polar surface area (TPSA) is 38.8 Å². The summed E-state index contributed by atoms with van der Waals surface area (Å²) in [7, 11) is 3.22. The van der Waals surface area contributed by atoms with Crippen molar-refractivity contribution in [3.63, 3.8) is 0 Å². The molecule has 0 aromatic heterocycles. The van der Waals surface area contributed by atoms with Gasteiger partial charge in [0.2, 0.25) is 0 Å². The van der Waals surface area contributed by atoms with Crippen molar-refractivity contribution in [2.75, 3.05) is 26.5 Å². The molecule has 1 aliphatic heterocycles. The van der Waals surface area contributed by atoms with E-state index >= 15 is 0 Å². The molecule has 2 aromatic rings. The van der Waals surface area contributed by atoms with Crippen molar-refractivity contribution in [1.29, 1.82) is 0 Å². The number of amides is 1. The summed E-state index contributed by atoms with van der Waals surface area (Å²) in [5, 5.41) is 0.758. The minimum Gasteiger partial charge on any atom is -0.497 e. The maximum absolute atomic E-state index is 13.0. The Balaban J connectivity index is 1.94. The van der Waals surface area contributed by atoms with Gasteiger partial charge in [0.05, 0.1) is 14.2 Å². The fourth-order valence-electron chi connectivity index (χ4n) is 2.80. The summed E-state index contributed by atoms with van der Waals surface area (Å²) in [5.74, 6) is 2.15. The predicted molar refractivity (Wildman–Crippen MR) is 102 cm³/mol. The highest BCUT2D eigenvalue weighted by Gasteiger charge is 2.33. The molecular weight excluding hydrogens is 381 g/mol. The standard InChI is InChI=1S/C18H17Cl2NO3S/c1-23-14-3-4-15(16(10-14)24-2)18-21(5-6-25-18)17(22)11-7-12(19)9-13(20)8-11/h3-4,7-10,18H,5-6H2,1-2H3/t18-/m1/s1. The second-order valence-electron chi connectivity index (χ2n) is 5.49. The monoisotopic (exact) mass is 397 g/mol. The third-order valence-electron chi connectivity index (χ3n) is 3.97. The van der Waals surface area contributed by atoms with E-state index < -0.39 is 0 Å². The summed E-state index contributed by atoms with van der Waals surface area (Å²) in [6, 6.07) is 10.5. The number of rotatable bonds is 4. The summed E-state index contributed by atoms with van der Waals surface area (Å²) in [5.41, 5.74) is 1.42. The van der Waals surface area contributed by atoms with Crippen LogP contribution in [0.15, 0.2) is 36.4 Å². The molecule has 7 heteroatoms.